The highest BCUT2D eigenvalue weighted by atomic mass is 19.1. The van der Waals surface area contributed by atoms with Gasteiger partial charge in [0, 0.05) is 23.7 Å². The van der Waals surface area contributed by atoms with Crippen LogP contribution in [-0.4, -0.2) is 27.1 Å². The number of hydrogen-bond acceptors (Lipinski definition) is 2. The third-order valence-electron chi connectivity index (χ3n) is 3.67. The van der Waals surface area contributed by atoms with E-state index in [-0.39, 0.29) is 17.5 Å². The molecule has 0 aliphatic carbocycles. The van der Waals surface area contributed by atoms with E-state index in [0.717, 1.165) is 17.7 Å². The van der Waals surface area contributed by atoms with Crippen molar-refractivity contribution < 1.29 is 18.8 Å². The van der Waals surface area contributed by atoms with Crippen molar-refractivity contribution in [2.75, 3.05) is 21.2 Å². The lowest BCUT2D eigenvalue weighted by molar-refractivity contribution is -0.907. The molecule has 2 rings (SSSR count). The van der Waals surface area contributed by atoms with Crippen LogP contribution in [0.3, 0.4) is 0 Å². The predicted octanol–water partition coefficient (Wildman–Crippen LogP) is 1.41. The van der Waals surface area contributed by atoms with Gasteiger partial charge in [-0.2, -0.15) is 0 Å². The number of benzene rings is 2. The summed E-state index contributed by atoms with van der Waals surface area (Å²) < 4.78 is 18.6. The first-order valence-corrected chi connectivity index (χ1v) is 7.48. The average molecular weight is 317 g/mol. The molecular weight excluding hydrogens is 295 g/mol. The molecule has 0 aromatic heterocycles. The number of carbonyl (C=O) groups is 1. The second kappa shape index (κ2) is 7.74. The number of quaternary nitrogens is 1. The van der Waals surface area contributed by atoms with Gasteiger partial charge in [0.2, 0.25) is 0 Å². The Morgan fingerprint density at radius 1 is 1.13 bits per heavy atom. The molecule has 5 heteroatoms. The maximum atomic E-state index is 13.7. The van der Waals surface area contributed by atoms with Gasteiger partial charge in [0.25, 0.3) is 5.91 Å². The van der Waals surface area contributed by atoms with Crippen molar-refractivity contribution in [2.45, 2.75) is 13.1 Å². The average Bonchev–Trinajstić information content (AvgIpc) is 2.55. The largest absolute Gasteiger partial charge is 0.494 e. The first kappa shape index (κ1) is 17.0. The van der Waals surface area contributed by atoms with Gasteiger partial charge in [0.1, 0.15) is 13.1 Å². The quantitative estimate of drug-likeness (QED) is 0.846. The van der Waals surface area contributed by atoms with Gasteiger partial charge in [-0.3, -0.25) is 4.79 Å². The van der Waals surface area contributed by atoms with Gasteiger partial charge >= 0.3 is 0 Å². The lowest BCUT2D eigenvalue weighted by atomic mass is 10.1. The molecule has 0 bridgehead atoms. The highest BCUT2D eigenvalue weighted by Gasteiger charge is 2.09. The van der Waals surface area contributed by atoms with E-state index >= 15 is 0 Å². The number of nitrogens with one attached hydrogen (secondary N) is 2. The molecule has 23 heavy (non-hydrogen) atoms. The van der Waals surface area contributed by atoms with Crippen molar-refractivity contribution >= 4 is 5.91 Å². The van der Waals surface area contributed by atoms with Crippen LogP contribution >= 0.6 is 0 Å². The summed E-state index contributed by atoms with van der Waals surface area (Å²) in [5, 5.41) is 2.60. The van der Waals surface area contributed by atoms with Crippen molar-refractivity contribution in [2.24, 2.45) is 0 Å². The highest BCUT2D eigenvalue weighted by molar-refractivity contribution is 5.93. The molecule has 2 N–H and O–H groups in total. The minimum absolute atomic E-state index is 0.0917. The van der Waals surface area contributed by atoms with E-state index in [1.807, 2.05) is 30.3 Å². The molecule has 0 saturated carbocycles. The van der Waals surface area contributed by atoms with Crippen LogP contribution in [0.2, 0.25) is 0 Å². The van der Waals surface area contributed by atoms with E-state index in [0.29, 0.717) is 12.1 Å². The van der Waals surface area contributed by atoms with E-state index in [1.165, 1.54) is 18.1 Å². The topological polar surface area (TPSA) is 42.8 Å². The molecule has 0 heterocycles. The summed E-state index contributed by atoms with van der Waals surface area (Å²) >= 11 is 0. The smallest absolute Gasteiger partial charge is 0.251 e. The van der Waals surface area contributed by atoms with Crippen LogP contribution < -0.4 is 15.0 Å². The summed E-state index contributed by atoms with van der Waals surface area (Å²) in [6.07, 6.45) is 0. The van der Waals surface area contributed by atoms with Crippen molar-refractivity contribution in [3.05, 3.63) is 65.0 Å². The normalized spacial score (nSPS) is 11.8. The summed E-state index contributed by atoms with van der Waals surface area (Å²) in [5.41, 5.74) is 2.69. The number of ether oxygens (including phenoxy) is 1. The van der Waals surface area contributed by atoms with Crippen molar-refractivity contribution in [1.82, 2.24) is 5.32 Å². The predicted molar refractivity (Wildman–Crippen MR) is 87.1 cm³/mol. The molecule has 1 unspecified atom stereocenters. The number of amides is 1. The van der Waals surface area contributed by atoms with Crippen LogP contribution in [0.4, 0.5) is 4.39 Å². The molecule has 4 nitrogen and oxygen atoms in total. The number of halogens is 1. The van der Waals surface area contributed by atoms with E-state index in [9.17, 15) is 9.18 Å². The number of rotatable bonds is 6. The Labute approximate surface area is 135 Å². The molecule has 0 aliphatic heterocycles. The number of carbonyl (C=O) groups excluding carboxylic acids is 1. The van der Waals surface area contributed by atoms with Gasteiger partial charge in [-0.1, -0.05) is 12.1 Å². The minimum Gasteiger partial charge on any atom is -0.494 e. The molecular formula is C18H22FN2O2+. The van der Waals surface area contributed by atoms with E-state index in [4.69, 9.17) is 4.74 Å². The van der Waals surface area contributed by atoms with Crippen LogP contribution in [0.25, 0.3) is 0 Å². The number of hydrogen-bond donors (Lipinski definition) is 2. The molecule has 0 aliphatic rings. The summed E-state index contributed by atoms with van der Waals surface area (Å²) in [5.74, 6) is -0.171. The van der Waals surface area contributed by atoms with Gasteiger partial charge in [0.05, 0.1) is 14.2 Å². The Hall–Kier alpha value is -2.40. The summed E-state index contributed by atoms with van der Waals surface area (Å²) in [4.78, 5) is 12.7. The first-order chi connectivity index (χ1) is 11.0. The van der Waals surface area contributed by atoms with Crippen LogP contribution in [0.5, 0.6) is 5.75 Å². The van der Waals surface area contributed by atoms with Crippen LogP contribution in [0, 0.1) is 5.82 Å². The summed E-state index contributed by atoms with van der Waals surface area (Å²) in [6, 6.07) is 12.6. The lowest BCUT2D eigenvalue weighted by Crippen LogP contribution is -3.06. The van der Waals surface area contributed by atoms with Crippen molar-refractivity contribution in [3.8, 4) is 5.75 Å². The molecule has 0 saturated heterocycles. The molecule has 0 radical (unpaired) electrons. The summed E-state index contributed by atoms with van der Waals surface area (Å²) in [6.45, 7) is 1.50. The Morgan fingerprint density at radius 2 is 1.74 bits per heavy atom. The van der Waals surface area contributed by atoms with Crippen molar-refractivity contribution in [3.63, 3.8) is 0 Å². The Bertz CT molecular complexity index is 671. The molecule has 122 valence electrons. The fourth-order valence-electron chi connectivity index (χ4n) is 2.50. The second-order valence-corrected chi connectivity index (χ2v) is 5.56. The third kappa shape index (κ3) is 4.53. The maximum absolute atomic E-state index is 13.7. The van der Waals surface area contributed by atoms with Crippen LogP contribution in [0.1, 0.15) is 21.5 Å². The van der Waals surface area contributed by atoms with Gasteiger partial charge in [-0.25, -0.2) is 4.39 Å². The maximum Gasteiger partial charge on any atom is 0.251 e. The summed E-state index contributed by atoms with van der Waals surface area (Å²) in [7, 11) is 5.12. The molecule has 0 fully saturated rings. The second-order valence-electron chi connectivity index (χ2n) is 5.56. The SMILES string of the molecule is CNC(=O)c1ccc(C[NH+](C)Cc2ccc(OC)c(F)c2)cc1. The Morgan fingerprint density at radius 3 is 2.30 bits per heavy atom. The van der Waals surface area contributed by atoms with E-state index < -0.39 is 0 Å². The molecule has 2 aromatic carbocycles. The monoisotopic (exact) mass is 317 g/mol. The van der Waals surface area contributed by atoms with Gasteiger partial charge in [0.15, 0.2) is 11.6 Å². The zero-order valence-corrected chi connectivity index (χ0v) is 13.7. The van der Waals surface area contributed by atoms with Crippen molar-refractivity contribution in [1.29, 1.82) is 0 Å². The zero-order chi connectivity index (χ0) is 16.8. The molecule has 0 spiro atoms. The zero-order valence-electron chi connectivity index (χ0n) is 13.7. The van der Waals surface area contributed by atoms with E-state index in [1.54, 1.807) is 13.1 Å². The molecule has 1 atom stereocenters. The lowest BCUT2D eigenvalue weighted by Gasteiger charge is -2.15. The van der Waals surface area contributed by atoms with E-state index in [2.05, 4.69) is 12.4 Å². The molecule has 2 aromatic rings. The van der Waals surface area contributed by atoms with Gasteiger partial charge < -0.3 is 15.0 Å². The van der Waals surface area contributed by atoms with Crippen LogP contribution in [0.15, 0.2) is 42.5 Å². The number of methoxy groups -OCH3 is 1. The van der Waals surface area contributed by atoms with Gasteiger partial charge in [-0.05, 0) is 30.3 Å². The van der Waals surface area contributed by atoms with Gasteiger partial charge in [-0.15, -0.1) is 0 Å². The standard InChI is InChI=1S/C18H21FN2O2/c1-20-18(22)15-7-4-13(5-8-15)11-21(2)12-14-6-9-17(23-3)16(19)10-14/h4-10H,11-12H2,1-3H3,(H,20,22)/p+1. The third-order valence-corrected chi connectivity index (χ3v) is 3.67. The first-order valence-electron chi connectivity index (χ1n) is 7.48. The minimum atomic E-state index is -0.340. The Balaban J connectivity index is 1.97. The fourth-order valence-corrected chi connectivity index (χ4v) is 2.50. The highest BCUT2D eigenvalue weighted by Crippen LogP contribution is 2.17. The Kier molecular flexibility index (Phi) is 5.71. The molecule has 1 amide bonds. The fraction of sp³-hybridized carbons (Fsp3) is 0.278. The van der Waals surface area contributed by atoms with Crippen LogP contribution in [-0.2, 0) is 13.1 Å².